The predicted octanol–water partition coefficient (Wildman–Crippen LogP) is 3.91. The van der Waals surface area contributed by atoms with Crippen molar-refractivity contribution in [2.24, 2.45) is 0 Å². The van der Waals surface area contributed by atoms with Crippen molar-refractivity contribution in [1.29, 1.82) is 0 Å². The fourth-order valence-electron chi connectivity index (χ4n) is 5.62. The highest BCUT2D eigenvalue weighted by Gasteiger charge is 2.49. The number of ether oxygens (including phenoxy) is 1. The molecule has 6 rings (SSSR count). The smallest absolute Gasteiger partial charge is 0.261 e. The van der Waals surface area contributed by atoms with Gasteiger partial charge in [0.1, 0.15) is 6.10 Å². The van der Waals surface area contributed by atoms with Gasteiger partial charge < -0.3 is 10.1 Å². The Morgan fingerprint density at radius 3 is 2.61 bits per heavy atom. The summed E-state index contributed by atoms with van der Waals surface area (Å²) in [6, 6.07) is 5.52. The van der Waals surface area contributed by atoms with Crippen LogP contribution < -0.4 is 15.0 Å². The van der Waals surface area contributed by atoms with E-state index in [0.29, 0.717) is 23.8 Å². The molecule has 1 amide bonds. The van der Waals surface area contributed by atoms with E-state index in [-0.39, 0.29) is 23.1 Å². The van der Waals surface area contributed by atoms with E-state index in [1.165, 1.54) is 12.8 Å². The summed E-state index contributed by atoms with van der Waals surface area (Å²) in [6.45, 7) is 6.89. The van der Waals surface area contributed by atoms with Crippen molar-refractivity contribution in [3.05, 3.63) is 46.9 Å². The van der Waals surface area contributed by atoms with Crippen molar-refractivity contribution in [2.45, 2.75) is 70.2 Å². The lowest BCUT2D eigenvalue weighted by Gasteiger charge is -2.41. The zero-order valence-corrected chi connectivity index (χ0v) is 19.8. The van der Waals surface area contributed by atoms with Crippen LogP contribution in [0.5, 0.6) is 5.88 Å². The highest BCUT2D eigenvalue weighted by molar-refractivity contribution is 7.13. The third kappa shape index (κ3) is 3.59. The van der Waals surface area contributed by atoms with Crippen LogP contribution in [0.2, 0.25) is 0 Å². The summed E-state index contributed by atoms with van der Waals surface area (Å²) in [6.07, 6.45) is 6.18. The summed E-state index contributed by atoms with van der Waals surface area (Å²) >= 11 is 1.55. The molecule has 2 fully saturated rings. The number of pyridine rings is 1. The molecule has 2 bridgehead atoms. The quantitative estimate of drug-likeness (QED) is 0.628. The van der Waals surface area contributed by atoms with Crippen LogP contribution in [0.4, 0.5) is 5.82 Å². The molecular weight excluding hydrogens is 436 g/mol. The molecule has 2 saturated heterocycles. The maximum absolute atomic E-state index is 13.1. The number of anilines is 1. The second kappa shape index (κ2) is 7.30. The maximum atomic E-state index is 13.1. The number of aryl methyl sites for hydroxylation is 1. The number of carbonyl (C=O) groups excluding carboxylic acids is 1. The third-order valence-corrected chi connectivity index (χ3v) is 8.12. The highest BCUT2D eigenvalue weighted by Crippen LogP contribution is 2.43. The number of rotatable bonds is 4. The van der Waals surface area contributed by atoms with E-state index in [0.717, 1.165) is 34.7 Å². The Hall–Kier alpha value is -2.91. The van der Waals surface area contributed by atoms with Crippen LogP contribution >= 0.6 is 11.3 Å². The largest absolute Gasteiger partial charge is 0.473 e. The number of piperidine rings is 1. The summed E-state index contributed by atoms with van der Waals surface area (Å²) in [4.78, 5) is 24.6. The fourth-order valence-corrected chi connectivity index (χ4v) is 6.41. The lowest BCUT2D eigenvalue weighted by Crippen LogP contribution is -2.56. The van der Waals surface area contributed by atoms with E-state index < -0.39 is 0 Å². The first-order chi connectivity index (χ1) is 15.8. The van der Waals surface area contributed by atoms with Gasteiger partial charge in [0, 0.05) is 41.7 Å². The minimum absolute atomic E-state index is 0.111. The molecule has 6 heterocycles. The Labute approximate surface area is 196 Å². The van der Waals surface area contributed by atoms with Gasteiger partial charge in [0.05, 0.1) is 33.9 Å². The van der Waals surface area contributed by atoms with Gasteiger partial charge in [-0.2, -0.15) is 0 Å². The molecule has 1 unspecified atom stereocenters. The first-order valence-corrected chi connectivity index (χ1v) is 12.2. The number of hydrogen-bond acceptors (Lipinski definition) is 8. The number of carbonyl (C=O) groups is 1. The van der Waals surface area contributed by atoms with Gasteiger partial charge in [0.2, 0.25) is 5.88 Å². The molecule has 3 aliphatic heterocycles. The molecule has 0 aliphatic carbocycles. The second-order valence-corrected chi connectivity index (χ2v) is 10.9. The van der Waals surface area contributed by atoms with Crippen LogP contribution in [0.25, 0.3) is 10.4 Å². The first-order valence-electron chi connectivity index (χ1n) is 11.3. The Morgan fingerprint density at radius 2 is 1.94 bits per heavy atom. The predicted molar refractivity (Wildman–Crippen MR) is 125 cm³/mol. The zero-order valence-electron chi connectivity index (χ0n) is 19.0. The molecule has 0 spiro atoms. The lowest BCUT2D eigenvalue weighted by molar-refractivity contribution is 0.0753. The van der Waals surface area contributed by atoms with Gasteiger partial charge in [-0.25, -0.2) is 4.98 Å². The molecule has 3 aromatic heterocycles. The number of fused-ring (bicyclic) bond motifs is 3. The van der Waals surface area contributed by atoms with E-state index in [9.17, 15) is 4.79 Å². The van der Waals surface area contributed by atoms with Crippen molar-refractivity contribution >= 4 is 23.1 Å². The van der Waals surface area contributed by atoms with Gasteiger partial charge in [-0.15, -0.1) is 21.5 Å². The monoisotopic (exact) mass is 462 g/mol. The Bertz CT molecular complexity index is 1230. The van der Waals surface area contributed by atoms with E-state index in [2.05, 4.69) is 39.3 Å². The molecule has 0 saturated carbocycles. The average molecular weight is 463 g/mol. The number of nitrogens with one attached hydrogen (secondary N) is 1. The van der Waals surface area contributed by atoms with Gasteiger partial charge in [-0.3, -0.25) is 14.7 Å². The minimum atomic E-state index is -0.111. The molecule has 8 nitrogen and oxygen atoms in total. The number of amides is 1. The van der Waals surface area contributed by atoms with Crippen molar-refractivity contribution in [3.8, 4) is 16.3 Å². The van der Waals surface area contributed by atoms with Crippen molar-refractivity contribution < 1.29 is 9.53 Å². The van der Waals surface area contributed by atoms with Crippen LogP contribution in [0, 0.1) is 6.92 Å². The Balaban J connectivity index is 1.18. The Morgan fingerprint density at radius 1 is 1.15 bits per heavy atom. The molecule has 9 heteroatoms. The minimum Gasteiger partial charge on any atom is -0.473 e. The first kappa shape index (κ1) is 20.7. The summed E-state index contributed by atoms with van der Waals surface area (Å²) in [5.74, 6) is 0.896. The van der Waals surface area contributed by atoms with E-state index in [4.69, 9.17) is 4.74 Å². The normalized spacial score (nSPS) is 28.3. The van der Waals surface area contributed by atoms with Gasteiger partial charge in [-0.05, 0) is 45.7 Å². The van der Waals surface area contributed by atoms with Crippen LogP contribution in [0.15, 0.2) is 29.9 Å². The Kier molecular flexibility index (Phi) is 4.57. The number of aromatic nitrogens is 4. The van der Waals surface area contributed by atoms with Crippen LogP contribution in [0.1, 0.15) is 61.3 Å². The maximum Gasteiger partial charge on any atom is 0.261 e. The molecular formula is C24H26N6O2S. The SMILES string of the molecule is Cc1ncsc1-c1cnc2c(c1)C(=O)N(c1ccc(OC3C[C@]4(C)CC[C@](C)(C3)N4)nn1)C2. The summed E-state index contributed by atoms with van der Waals surface area (Å²) in [5, 5.41) is 12.4. The molecule has 33 heavy (non-hydrogen) atoms. The molecule has 3 aliphatic rings. The number of hydrogen-bond donors (Lipinski definition) is 1. The second-order valence-electron chi connectivity index (χ2n) is 10.0. The topological polar surface area (TPSA) is 93.1 Å². The molecule has 170 valence electrons. The van der Waals surface area contributed by atoms with Gasteiger partial charge in [0.25, 0.3) is 5.91 Å². The van der Waals surface area contributed by atoms with Gasteiger partial charge >= 0.3 is 0 Å². The molecule has 1 N–H and O–H groups in total. The van der Waals surface area contributed by atoms with Crippen molar-refractivity contribution in [1.82, 2.24) is 25.5 Å². The van der Waals surface area contributed by atoms with Crippen molar-refractivity contribution in [2.75, 3.05) is 4.90 Å². The van der Waals surface area contributed by atoms with Gasteiger partial charge in [0.15, 0.2) is 5.82 Å². The summed E-state index contributed by atoms with van der Waals surface area (Å²) in [7, 11) is 0. The highest BCUT2D eigenvalue weighted by atomic mass is 32.1. The summed E-state index contributed by atoms with van der Waals surface area (Å²) in [5.41, 5.74) is 5.27. The van der Waals surface area contributed by atoms with Crippen LogP contribution in [0.3, 0.4) is 0 Å². The average Bonchev–Trinajstić information content (AvgIpc) is 3.42. The fraction of sp³-hybridized carbons (Fsp3) is 0.458. The van der Waals surface area contributed by atoms with Crippen LogP contribution in [-0.2, 0) is 6.54 Å². The lowest BCUT2D eigenvalue weighted by atomic mass is 9.86. The summed E-state index contributed by atoms with van der Waals surface area (Å²) < 4.78 is 6.21. The van der Waals surface area contributed by atoms with E-state index >= 15 is 0 Å². The molecule has 3 atom stereocenters. The number of nitrogens with zero attached hydrogens (tertiary/aromatic N) is 5. The molecule has 3 aromatic rings. The molecule has 0 aromatic carbocycles. The van der Waals surface area contributed by atoms with Crippen LogP contribution in [-0.4, -0.2) is 43.3 Å². The standard InChI is InChI=1S/C24H26N6O2S/c1-14-21(33-13-26-14)15-8-17-18(25-11-15)12-30(22(17)31)19-4-5-20(28-27-19)32-16-9-23(2)6-7-24(3,10-16)29-23/h4-5,8,11,13,16,29H,6-7,9-10,12H2,1-3H3/t16?,23-,24+. The van der Waals surface area contributed by atoms with Gasteiger partial charge in [-0.1, -0.05) is 0 Å². The van der Waals surface area contributed by atoms with E-state index in [1.807, 2.05) is 25.3 Å². The van der Waals surface area contributed by atoms with E-state index in [1.54, 1.807) is 27.8 Å². The number of thiazole rings is 1. The molecule has 0 radical (unpaired) electrons. The third-order valence-electron chi connectivity index (χ3n) is 7.14. The van der Waals surface area contributed by atoms with Crippen molar-refractivity contribution in [3.63, 3.8) is 0 Å². The zero-order chi connectivity index (χ0) is 22.8.